The van der Waals surface area contributed by atoms with E-state index in [1.54, 1.807) is 22.4 Å². The number of fused-ring (bicyclic) bond motifs is 1. The van der Waals surface area contributed by atoms with Gasteiger partial charge >= 0.3 is 0 Å². The largest absolute Gasteiger partial charge is 0.302 e. The summed E-state index contributed by atoms with van der Waals surface area (Å²) in [5, 5.41) is 2.45. The van der Waals surface area contributed by atoms with Crippen LogP contribution in [0.15, 0.2) is 46.0 Å². The number of likely N-dealkylation sites (N-methyl/N-ethyl adjacent to an activating group) is 1. The molecule has 0 aliphatic carbocycles. The minimum absolute atomic E-state index is 0.0349. The number of benzene rings is 1. The number of carbonyl (C=O) groups is 1. The van der Waals surface area contributed by atoms with Crippen LogP contribution >= 0.6 is 22.7 Å². The second kappa shape index (κ2) is 10.6. The fourth-order valence-corrected chi connectivity index (χ4v) is 7.84. The number of hydrogen-bond donors (Lipinski definition) is 0. The number of sulfonamides is 1. The van der Waals surface area contributed by atoms with E-state index in [1.807, 2.05) is 24.3 Å². The SMILES string of the molecule is CCN(CC)CCN(C(=O)C1CCCN(S(=O)(=O)c2cccs2)C1)c1nc2ccccc2s1. The lowest BCUT2D eigenvalue weighted by molar-refractivity contribution is -0.123. The highest BCUT2D eigenvalue weighted by molar-refractivity contribution is 7.91. The molecule has 178 valence electrons. The number of para-hydroxylation sites is 1. The summed E-state index contributed by atoms with van der Waals surface area (Å²) in [6, 6.07) is 11.3. The van der Waals surface area contributed by atoms with Gasteiger partial charge in [0.15, 0.2) is 5.13 Å². The number of rotatable bonds is 9. The van der Waals surface area contributed by atoms with Gasteiger partial charge in [-0.25, -0.2) is 13.4 Å². The Morgan fingerprint density at radius 3 is 2.64 bits per heavy atom. The molecule has 1 saturated heterocycles. The van der Waals surface area contributed by atoms with Gasteiger partial charge in [-0.15, -0.1) is 11.3 Å². The van der Waals surface area contributed by atoms with Crippen LogP contribution in [-0.2, 0) is 14.8 Å². The molecule has 7 nitrogen and oxygen atoms in total. The molecule has 0 bridgehead atoms. The van der Waals surface area contributed by atoms with Crippen molar-refractivity contribution in [1.82, 2.24) is 14.2 Å². The molecule has 1 aliphatic heterocycles. The first kappa shape index (κ1) is 24.3. The van der Waals surface area contributed by atoms with Crippen molar-refractivity contribution in [1.29, 1.82) is 0 Å². The first-order valence-electron chi connectivity index (χ1n) is 11.4. The summed E-state index contributed by atoms with van der Waals surface area (Å²) < 4.78 is 29.0. The number of carbonyl (C=O) groups excluding carboxylic acids is 1. The van der Waals surface area contributed by atoms with Crippen molar-refractivity contribution >= 4 is 54.0 Å². The van der Waals surface area contributed by atoms with Crippen LogP contribution in [0.25, 0.3) is 10.2 Å². The number of piperidine rings is 1. The smallest absolute Gasteiger partial charge is 0.252 e. The topological polar surface area (TPSA) is 73.8 Å². The normalized spacial score (nSPS) is 17.6. The van der Waals surface area contributed by atoms with E-state index in [0.29, 0.717) is 35.3 Å². The molecular formula is C23H30N4O3S3. The first-order valence-corrected chi connectivity index (χ1v) is 14.5. The van der Waals surface area contributed by atoms with E-state index in [2.05, 4.69) is 18.7 Å². The van der Waals surface area contributed by atoms with Crippen LogP contribution in [0, 0.1) is 5.92 Å². The summed E-state index contributed by atoms with van der Waals surface area (Å²) in [4.78, 5) is 22.6. The van der Waals surface area contributed by atoms with E-state index in [1.165, 1.54) is 27.0 Å². The molecular weight excluding hydrogens is 476 g/mol. The highest BCUT2D eigenvalue weighted by Gasteiger charge is 2.36. The monoisotopic (exact) mass is 506 g/mol. The van der Waals surface area contributed by atoms with Gasteiger partial charge in [-0.1, -0.05) is 43.4 Å². The fourth-order valence-electron chi connectivity index (χ4n) is 4.18. The fraction of sp³-hybridized carbons (Fsp3) is 0.478. The van der Waals surface area contributed by atoms with Gasteiger partial charge in [0.2, 0.25) is 5.91 Å². The molecule has 1 atom stereocenters. The van der Waals surface area contributed by atoms with Gasteiger partial charge in [0.05, 0.1) is 16.1 Å². The second-order valence-corrected chi connectivity index (χ2v) is 12.2. The average Bonchev–Trinajstić information content (AvgIpc) is 3.52. The van der Waals surface area contributed by atoms with Crippen molar-refractivity contribution in [2.75, 3.05) is 44.2 Å². The number of thiazole rings is 1. The first-order chi connectivity index (χ1) is 15.9. The molecule has 0 radical (unpaired) electrons. The Bertz CT molecular complexity index is 1140. The highest BCUT2D eigenvalue weighted by atomic mass is 32.2. The zero-order chi connectivity index (χ0) is 23.4. The summed E-state index contributed by atoms with van der Waals surface area (Å²) in [5.74, 6) is -0.413. The van der Waals surface area contributed by atoms with Crippen LogP contribution in [-0.4, -0.2) is 67.8 Å². The van der Waals surface area contributed by atoms with Crippen LogP contribution < -0.4 is 4.90 Å². The number of anilines is 1. The summed E-state index contributed by atoms with van der Waals surface area (Å²) in [7, 11) is -3.57. The summed E-state index contributed by atoms with van der Waals surface area (Å²) in [6.45, 7) is 8.00. The molecule has 10 heteroatoms. The van der Waals surface area contributed by atoms with Crippen molar-refractivity contribution in [3.8, 4) is 0 Å². The van der Waals surface area contributed by atoms with E-state index < -0.39 is 10.0 Å². The van der Waals surface area contributed by atoms with Crippen LogP contribution in [0.2, 0.25) is 0 Å². The van der Waals surface area contributed by atoms with Crippen LogP contribution in [0.1, 0.15) is 26.7 Å². The Kier molecular flexibility index (Phi) is 7.80. The highest BCUT2D eigenvalue weighted by Crippen LogP contribution is 2.32. The lowest BCUT2D eigenvalue weighted by Crippen LogP contribution is -2.48. The summed E-state index contributed by atoms with van der Waals surface area (Å²) in [5.41, 5.74) is 0.878. The van der Waals surface area contributed by atoms with Crippen molar-refractivity contribution < 1.29 is 13.2 Å². The van der Waals surface area contributed by atoms with Gasteiger partial charge in [-0.2, -0.15) is 4.31 Å². The Labute approximate surface area is 203 Å². The van der Waals surface area contributed by atoms with Gasteiger partial charge in [-0.3, -0.25) is 9.69 Å². The van der Waals surface area contributed by atoms with Crippen molar-refractivity contribution in [3.63, 3.8) is 0 Å². The summed E-state index contributed by atoms with van der Waals surface area (Å²) >= 11 is 2.73. The van der Waals surface area contributed by atoms with E-state index in [4.69, 9.17) is 4.98 Å². The molecule has 3 heterocycles. The molecule has 3 aromatic rings. The maximum Gasteiger partial charge on any atom is 0.252 e. The zero-order valence-electron chi connectivity index (χ0n) is 19.0. The molecule has 1 aromatic carbocycles. The predicted octanol–water partition coefficient (Wildman–Crippen LogP) is 4.13. The third kappa shape index (κ3) is 5.30. The number of aromatic nitrogens is 1. The lowest BCUT2D eigenvalue weighted by Gasteiger charge is -2.34. The molecule has 1 fully saturated rings. The Balaban J connectivity index is 1.58. The van der Waals surface area contributed by atoms with Crippen molar-refractivity contribution in [3.05, 3.63) is 41.8 Å². The molecule has 4 rings (SSSR count). The number of hydrogen-bond acceptors (Lipinski definition) is 7. The molecule has 0 spiro atoms. The Hall–Kier alpha value is -1.85. The van der Waals surface area contributed by atoms with Crippen LogP contribution in [0.4, 0.5) is 5.13 Å². The van der Waals surface area contributed by atoms with Crippen molar-refractivity contribution in [2.24, 2.45) is 5.92 Å². The van der Waals surface area contributed by atoms with Crippen LogP contribution in [0.3, 0.4) is 0 Å². The molecule has 1 aliphatic rings. The Morgan fingerprint density at radius 2 is 1.94 bits per heavy atom. The van der Waals surface area contributed by atoms with Gasteiger partial charge in [-0.05, 0) is 49.5 Å². The predicted molar refractivity (Wildman–Crippen MR) is 136 cm³/mol. The second-order valence-electron chi connectivity index (χ2n) is 8.12. The Morgan fingerprint density at radius 1 is 1.15 bits per heavy atom. The average molecular weight is 507 g/mol. The van der Waals surface area contributed by atoms with Gasteiger partial charge in [0, 0.05) is 26.2 Å². The minimum Gasteiger partial charge on any atom is -0.302 e. The third-order valence-corrected chi connectivity index (χ3v) is 10.4. The zero-order valence-corrected chi connectivity index (χ0v) is 21.5. The van der Waals surface area contributed by atoms with Gasteiger partial charge in [0.25, 0.3) is 10.0 Å². The summed E-state index contributed by atoms with van der Waals surface area (Å²) in [6.07, 6.45) is 1.35. The van der Waals surface area contributed by atoms with Crippen LogP contribution in [0.5, 0.6) is 0 Å². The standard InChI is InChI=1S/C23H30N4O3S3/c1-3-25(4-2)14-15-27(23-24-19-10-5-6-11-20(19)32-23)22(28)18-9-7-13-26(17-18)33(29,30)21-12-8-16-31-21/h5-6,8,10-12,16,18H,3-4,7,9,13-15,17H2,1-2H3. The molecule has 2 aromatic heterocycles. The molecule has 0 N–H and O–H groups in total. The molecule has 33 heavy (non-hydrogen) atoms. The minimum atomic E-state index is -3.57. The number of thiophene rings is 1. The maximum atomic E-state index is 13.8. The third-order valence-electron chi connectivity index (χ3n) is 6.14. The van der Waals surface area contributed by atoms with E-state index in [0.717, 1.165) is 29.9 Å². The van der Waals surface area contributed by atoms with Gasteiger partial charge < -0.3 is 4.90 Å². The molecule has 1 amide bonds. The lowest BCUT2D eigenvalue weighted by atomic mass is 9.98. The quantitative estimate of drug-likeness (QED) is 0.436. The van der Waals surface area contributed by atoms with E-state index in [-0.39, 0.29) is 18.4 Å². The van der Waals surface area contributed by atoms with E-state index in [9.17, 15) is 13.2 Å². The molecule has 1 unspecified atom stereocenters. The maximum absolute atomic E-state index is 13.8. The number of nitrogens with zero attached hydrogens (tertiary/aromatic N) is 4. The van der Waals surface area contributed by atoms with Gasteiger partial charge in [0.1, 0.15) is 4.21 Å². The molecule has 0 saturated carbocycles. The van der Waals surface area contributed by atoms with E-state index >= 15 is 0 Å². The number of amides is 1. The van der Waals surface area contributed by atoms with Crippen molar-refractivity contribution in [2.45, 2.75) is 30.9 Å².